The Kier molecular flexibility index (Phi) is 4.23. The van der Waals surface area contributed by atoms with Crippen LogP contribution in [0.3, 0.4) is 0 Å². The summed E-state index contributed by atoms with van der Waals surface area (Å²) >= 11 is 0. The molecule has 1 aromatic heterocycles. The molecule has 146 valence electrons. The van der Waals surface area contributed by atoms with Crippen LogP contribution in [0.4, 0.5) is 5.82 Å². The van der Waals surface area contributed by atoms with Gasteiger partial charge in [-0.15, -0.1) is 0 Å². The first kappa shape index (κ1) is 17.5. The average molecular weight is 378 g/mol. The maximum atomic E-state index is 13.1. The number of hydrogen-bond acceptors (Lipinski definition) is 5. The molecule has 6 heteroatoms. The van der Waals surface area contributed by atoms with Gasteiger partial charge >= 0.3 is 0 Å². The number of aryl methyl sites for hydroxylation is 1. The van der Waals surface area contributed by atoms with E-state index < -0.39 is 0 Å². The standard InChI is InChI=1S/C22H26N4O2/c1-15-2-4-16(5-3-15)12-24-9-8-20(22(24)28)25-13-18-10-17(25)14-26(18)21-7-6-19(27)11-23-21/h2-7,11,17-18,20,27H,8-10,12-14H2,1H3/t17-,18-,20+/m0/s1. The molecule has 3 fully saturated rings. The summed E-state index contributed by atoms with van der Waals surface area (Å²) in [6, 6.07) is 12.9. The summed E-state index contributed by atoms with van der Waals surface area (Å²) in [5.41, 5.74) is 2.45. The van der Waals surface area contributed by atoms with Crippen LogP contribution in [-0.2, 0) is 11.3 Å². The molecule has 2 aromatic rings. The van der Waals surface area contributed by atoms with Crippen molar-refractivity contribution in [1.82, 2.24) is 14.8 Å². The fourth-order valence-corrected chi connectivity index (χ4v) is 5.01. The number of carbonyl (C=O) groups excluding carboxylic acids is 1. The molecule has 0 unspecified atom stereocenters. The monoisotopic (exact) mass is 378 g/mol. The summed E-state index contributed by atoms with van der Waals surface area (Å²) in [6.45, 7) is 5.46. The van der Waals surface area contributed by atoms with E-state index in [1.165, 1.54) is 17.3 Å². The maximum absolute atomic E-state index is 13.1. The molecule has 0 radical (unpaired) electrons. The van der Waals surface area contributed by atoms with Crippen LogP contribution in [0, 0.1) is 6.92 Å². The van der Waals surface area contributed by atoms with E-state index >= 15 is 0 Å². The minimum absolute atomic E-state index is 0.0235. The van der Waals surface area contributed by atoms with Crippen molar-refractivity contribution in [2.45, 2.75) is 44.4 Å². The molecule has 0 aliphatic carbocycles. The molecule has 0 saturated carbocycles. The Bertz CT molecular complexity index is 867. The molecule has 6 nitrogen and oxygen atoms in total. The fourth-order valence-electron chi connectivity index (χ4n) is 5.01. The lowest BCUT2D eigenvalue weighted by Crippen LogP contribution is -2.52. The van der Waals surface area contributed by atoms with Gasteiger partial charge in [-0.2, -0.15) is 0 Å². The maximum Gasteiger partial charge on any atom is 0.240 e. The van der Waals surface area contributed by atoms with Crippen LogP contribution >= 0.6 is 0 Å². The van der Waals surface area contributed by atoms with E-state index in [0.29, 0.717) is 18.6 Å². The van der Waals surface area contributed by atoms with Crippen LogP contribution in [-0.4, -0.2) is 63.6 Å². The molecule has 5 rings (SSSR count). The van der Waals surface area contributed by atoms with E-state index in [-0.39, 0.29) is 17.7 Å². The van der Waals surface area contributed by atoms with Crippen LogP contribution in [0.1, 0.15) is 24.0 Å². The third-order valence-electron chi connectivity index (χ3n) is 6.47. The SMILES string of the molecule is Cc1ccc(CN2CC[C@@H](N3C[C@@H]4C[C@H]3CN4c3ccc(O)cn3)C2=O)cc1. The largest absolute Gasteiger partial charge is 0.506 e. The minimum Gasteiger partial charge on any atom is -0.506 e. The zero-order valence-electron chi connectivity index (χ0n) is 16.2. The Labute approximate surface area is 165 Å². The first-order valence-electron chi connectivity index (χ1n) is 10.1. The van der Waals surface area contributed by atoms with E-state index in [1.807, 2.05) is 11.0 Å². The number of rotatable bonds is 4. The Morgan fingerprint density at radius 2 is 1.93 bits per heavy atom. The number of aromatic hydroxyl groups is 1. The van der Waals surface area contributed by atoms with Gasteiger partial charge in [-0.25, -0.2) is 4.98 Å². The second-order valence-corrected chi connectivity index (χ2v) is 8.32. The van der Waals surface area contributed by atoms with E-state index in [4.69, 9.17) is 0 Å². The summed E-state index contributed by atoms with van der Waals surface area (Å²) < 4.78 is 0. The van der Waals surface area contributed by atoms with Gasteiger partial charge in [0.2, 0.25) is 5.91 Å². The third-order valence-corrected chi connectivity index (χ3v) is 6.47. The van der Waals surface area contributed by atoms with Gasteiger partial charge in [-0.05, 0) is 37.5 Å². The lowest BCUT2D eigenvalue weighted by molar-refractivity contribution is -0.133. The highest BCUT2D eigenvalue weighted by Crippen LogP contribution is 2.37. The molecular weight excluding hydrogens is 352 g/mol. The van der Waals surface area contributed by atoms with Crippen molar-refractivity contribution in [3.8, 4) is 5.75 Å². The first-order chi connectivity index (χ1) is 13.6. The molecule has 28 heavy (non-hydrogen) atoms. The number of fused-ring (bicyclic) bond motifs is 2. The van der Waals surface area contributed by atoms with Gasteiger partial charge in [0.15, 0.2) is 0 Å². The van der Waals surface area contributed by atoms with Crippen LogP contribution < -0.4 is 4.90 Å². The van der Waals surface area contributed by atoms with Crippen molar-refractivity contribution in [3.63, 3.8) is 0 Å². The van der Waals surface area contributed by atoms with Crippen LogP contribution in [0.5, 0.6) is 5.75 Å². The molecule has 1 amide bonds. The average Bonchev–Trinajstić information content (AvgIpc) is 3.39. The predicted octanol–water partition coefficient (Wildman–Crippen LogP) is 2.16. The lowest BCUT2D eigenvalue weighted by Gasteiger charge is -2.37. The summed E-state index contributed by atoms with van der Waals surface area (Å²) in [6.07, 6.45) is 3.51. The van der Waals surface area contributed by atoms with Crippen LogP contribution in [0.15, 0.2) is 42.6 Å². The zero-order chi connectivity index (χ0) is 19.3. The van der Waals surface area contributed by atoms with Gasteiger partial charge in [0.1, 0.15) is 11.6 Å². The summed E-state index contributed by atoms with van der Waals surface area (Å²) in [4.78, 5) is 24.2. The van der Waals surface area contributed by atoms with Crippen molar-refractivity contribution in [2.24, 2.45) is 0 Å². The van der Waals surface area contributed by atoms with Crippen molar-refractivity contribution < 1.29 is 9.90 Å². The van der Waals surface area contributed by atoms with Crippen molar-refractivity contribution in [3.05, 3.63) is 53.7 Å². The topological polar surface area (TPSA) is 59.9 Å². The van der Waals surface area contributed by atoms with Gasteiger partial charge in [0.05, 0.1) is 12.2 Å². The molecule has 4 heterocycles. The summed E-state index contributed by atoms with van der Waals surface area (Å²) in [5.74, 6) is 1.39. The van der Waals surface area contributed by atoms with Crippen molar-refractivity contribution >= 4 is 11.7 Å². The summed E-state index contributed by atoms with van der Waals surface area (Å²) in [5, 5.41) is 9.46. The van der Waals surface area contributed by atoms with E-state index in [2.05, 4.69) is 46.0 Å². The predicted molar refractivity (Wildman–Crippen MR) is 107 cm³/mol. The third kappa shape index (κ3) is 3.02. The van der Waals surface area contributed by atoms with E-state index in [0.717, 1.165) is 38.3 Å². The highest BCUT2D eigenvalue weighted by atomic mass is 16.3. The van der Waals surface area contributed by atoms with Gasteiger partial charge in [-0.3, -0.25) is 9.69 Å². The molecule has 3 atom stereocenters. The zero-order valence-corrected chi connectivity index (χ0v) is 16.2. The highest BCUT2D eigenvalue weighted by molar-refractivity contribution is 5.84. The van der Waals surface area contributed by atoms with Crippen LogP contribution in [0.2, 0.25) is 0 Å². The molecule has 3 saturated heterocycles. The number of hydrogen-bond donors (Lipinski definition) is 1. The van der Waals surface area contributed by atoms with Gasteiger partial charge in [0, 0.05) is 38.3 Å². The number of piperazine rings is 1. The smallest absolute Gasteiger partial charge is 0.240 e. The Morgan fingerprint density at radius 3 is 2.61 bits per heavy atom. The molecular formula is C22H26N4O2. The molecule has 0 spiro atoms. The quantitative estimate of drug-likeness (QED) is 0.884. The number of likely N-dealkylation sites (tertiary alicyclic amines) is 2. The number of aromatic nitrogens is 1. The van der Waals surface area contributed by atoms with Gasteiger partial charge in [-0.1, -0.05) is 29.8 Å². The van der Waals surface area contributed by atoms with Crippen LogP contribution in [0.25, 0.3) is 0 Å². The molecule has 3 aliphatic heterocycles. The number of nitrogens with zero attached hydrogens (tertiary/aromatic N) is 4. The minimum atomic E-state index is 0.0235. The second-order valence-electron chi connectivity index (χ2n) is 8.32. The molecule has 3 aliphatic rings. The van der Waals surface area contributed by atoms with E-state index in [9.17, 15) is 9.90 Å². The Hall–Kier alpha value is -2.60. The van der Waals surface area contributed by atoms with Gasteiger partial charge in [0.25, 0.3) is 0 Å². The number of benzene rings is 1. The lowest BCUT2D eigenvalue weighted by atomic mass is 10.1. The molecule has 1 aromatic carbocycles. The Morgan fingerprint density at radius 1 is 1.11 bits per heavy atom. The Balaban J connectivity index is 1.23. The number of carbonyl (C=O) groups is 1. The van der Waals surface area contributed by atoms with Crippen molar-refractivity contribution in [2.75, 3.05) is 24.5 Å². The number of amides is 1. The first-order valence-corrected chi connectivity index (χ1v) is 10.1. The van der Waals surface area contributed by atoms with Gasteiger partial charge < -0.3 is 14.9 Å². The second kappa shape index (κ2) is 6.78. The fraction of sp³-hybridized carbons (Fsp3) is 0.455. The van der Waals surface area contributed by atoms with E-state index in [1.54, 1.807) is 6.07 Å². The number of pyridine rings is 1. The normalized spacial score (nSPS) is 27.2. The number of anilines is 1. The van der Waals surface area contributed by atoms with Crippen molar-refractivity contribution in [1.29, 1.82) is 0 Å². The molecule has 1 N–H and O–H groups in total. The molecule has 2 bridgehead atoms. The summed E-state index contributed by atoms with van der Waals surface area (Å²) in [7, 11) is 0. The highest BCUT2D eigenvalue weighted by Gasteiger charge is 2.49.